The fourth-order valence-corrected chi connectivity index (χ4v) is 3.74. The van der Waals surface area contributed by atoms with Gasteiger partial charge < -0.3 is 10.1 Å². The first-order valence-electron chi connectivity index (χ1n) is 8.11. The van der Waals surface area contributed by atoms with Gasteiger partial charge in [-0.1, -0.05) is 39.8 Å². The normalized spacial score (nSPS) is 14.4. The molecule has 140 valence electrons. The smallest absolute Gasteiger partial charge is 0.244 e. The Morgan fingerprint density at radius 1 is 1.20 bits per heavy atom. The summed E-state index contributed by atoms with van der Waals surface area (Å²) in [5, 5.41) is 2.54. The maximum atomic E-state index is 13.8. The Morgan fingerprint density at radius 3 is 2.28 bits per heavy atom. The van der Waals surface area contributed by atoms with E-state index >= 15 is 0 Å². The minimum atomic E-state index is -4.22. The molecule has 0 spiro atoms. The number of hydrogen-bond acceptors (Lipinski definition) is 4. The lowest BCUT2D eigenvalue weighted by atomic mass is 10.0. The van der Waals surface area contributed by atoms with Gasteiger partial charge in [-0.15, -0.1) is 0 Å². The molecule has 0 saturated heterocycles. The molecule has 25 heavy (non-hydrogen) atoms. The zero-order chi connectivity index (χ0) is 19.2. The van der Waals surface area contributed by atoms with Gasteiger partial charge in [0.05, 0.1) is 6.04 Å². The molecular weight excluding hydrogens is 347 g/mol. The van der Waals surface area contributed by atoms with Gasteiger partial charge in [0.2, 0.25) is 15.9 Å². The van der Waals surface area contributed by atoms with Crippen molar-refractivity contribution in [3.63, 3.8) is 0 Å². The summed E-state index contributed by atoms with van der Waals surface area (Å²) in [5.74, 6) is -1.73. The van der Waals surface area contributed by atoms with Gasteiger partial charge in [-0.25, -0.2) is 12.8 Å². The van der Waals surface area contributed by atoms with Gasteiger partial charge in [0.25, 0.3) is 0 Å². The van der Waals surface area contributed by atoms with Crippen LogP contribution in [0.25, 0.3) is 0 Å². The molecule has 6 nitrogen and oxygen atoms in total. The van der Waals surface area contributed by atoms with E-state index in [9.17, 15) is 22.4 Å². The second-order valence-corrected chi connectivity index (χ2v) is 8.34. The van der Waals surface area contributed by atoms with Crippen LogP contribution in [0, 0.1) is 17.7 Å². The van der Waals surface area contributed by atoms with Crippen molar-refractivity contribution in [3.8, 4) is 0 Å². The molecule has 0 aliphatic rings. The third kappa shape index (κ3) is 6.21. The molecule has 1 amide bonds. The first-order valence-corrected chi connectivity index (χ1v) is 9.59. The number of hydrogen-bond donors (Lipinski definition) is 2. The third-order valence-electron chi connectivity index (χ3n) is 3.57. The molecule has 0 radical (unpaired) electrons. The van der Waals surface area contributed by atoms with Gasteiger partial charge in [0.1, 0.15) is 23.0 Å². The summed E-state index contributed by atoms with van der Waals surface area (Å²) in [6.45, 7) is 7.13. The summed E-state index contributed by atoms with van der Waals surface area (Å²) >= 11 is 0. The molecule has 0 unspecified atom stereocenters. The van der Waals surface area contributed by atoms with Crippen LogP contribution in [0.1, 0.15) is 34.1 Å². The van der Waals surface area contributed by atoms with Crippen molar-refractivity contribution in [3.05, 3.63) is 30.1 Å². The van der Waals surface area contributed by atoms with E-state index in [4.69, 9.17) is 0 Å². The monoisotopic (exact) mass is 372 g/mol. The number of carbonyl (C=O) groups is 2. The predicted octanol–water partition coefficient (Wildman–Crippen LogP) is 1.86. The zero-order valence-corrected chi connectivity index (χ0v) is 15.6. The molecule has 0 saturated carbocycles. The molecule has 1 aromatic carbocycles. The zero-order valence-electron chi connectivity index (χ0n) is 14.8. The quantitative estimate of drug-likeness (QED) is 0.647. The highest BCUT2D eigenvalue weighted by molar-refractivity contribution is 7.89. The Bertz CT molecular complexity index is 704. The Labute approximate surface area is 148 Å². The second kappa shape index (κ2) is 9.05. The number of sulfonamides is 1. The minimum absolute atomic E-state index is 0.183. The number of halogens is 1. The van der Waals surface area contributed by atoms with E-state index in [0.717, 1.165) is 12.1 Å². The van der Waals surface area contributed by atoms with Gasteiger partial charge >= 0.3 is 0 Å². The number of nitrogens with one attached hydrogen (secondary N) is 2. The maximum absolute atomic E-state index is 13.8. The van der Waals surface area contributed by atoms with E-state index in [1.807, 2.05) is 13.8 Å². The van der Waals surface area contributed by atoms with Crippen LogP contribution in [0.2, 0.25) is 0 Å². The summed E-state index contributed by atoms with van der Waals surface area (Å²) in [6, 6.07) is 3.10. The van der Waals surface area contributed by atoms with Crippen LogP contribution in [0.3, 0.4) is 0 Å². The van der Waals surface area contributed by atoms with E-state index in [2.05, 4.69) is 10.0 Å². The molecule has 1 aromatic rings. The highest BCUT2D eigenvalue weighted by atomic mass is 32.2. The fourth-order valence-electron chi connectivity index (χ4n) is 2.31. The topological polar surface area (TPSA) is 92.3 Å². The van der Waals surface area contributed by atoms with Crippen molar-refractivity contribution < 1.29 is 22.4 Å². The molecule has 0 aliphatic heterocycles. The predicted molar refractivity (Wildman–Crippen MR) is 92.8 cm³/mol. The van der Waals surface area contributed by atoms with Crippen molar-refractivity contribution in [2.24, 2.45) is 11.8 Å². The Kier molecular flexibility index (Phi) is 7.69. The van der Waals surface area contributed by atoms with Gasteiger partial charge in [0, 0.05) is 0 Å². The largest absolute Gasteiger partial charge is 0.345 e. The maximum Gasteiger partial charge on any atom is 0.244 e. The lowest BCUT2D eigenvalue weighted by Crippen LogP contribution is -2.52. The minimum Gasteiger partial charge on any atom is -0.345 e. The average Bonchev–Trinajstić information content (AvgIpc) is 2.51. The van der Waals surface area contributed by atoms with E-state index in [-0.39, 0.29) is 5.92 Å². The lowest BCUT2D eigenvalue weighted by molar-refractivity contribution is -0.126. The SMILES string of the molecule is CC(C)C[C@@H](C=O)NC(=O)[C@@H](NS(=O)(=O)c1ccccc1F)C(C)C. The molecule has 1 rings (SSSR count). The lowest BCUT2D eigenvalue weighted by Gasteiger charge is -2.24. The van der Waals surface area contributed by atoms with Crippen molar-refractivity contribution in [1.29, 1.82) is 0 Å². The Morgan fingerprint density at radius 2 is 1.80 bits per heavy atom. The van der Waals surface area contributed by atoms with Crippen molar-refractivity contribution >= 4 is 22.2 Å². The van der Waals surface area contributed by atoms with Crippen LogP contribution in [0.5, 0.6) is 0 Å². The number of benzene rings is 1. The molecular formula is C17H25FN2O4S. The Hall–Kier alpha value is -1.80. The van der Waals surface area contributed by atoms with Crippen molar-refractivity contribution in [2.75, 3.05) is 0 Å². The summed E-state index contributed by atoms with van der Waals surface area (Å²) < 4.78 is 40.8. The first kappa shape index (κ1) is 21.2. The fraction of sp³-hybridized carbons (Fsp3) is 0.529. The Balaban J connectivity index is 2.98. The average molecular weight is 372 g/mol. The van der Waals surface area contributed by atoms with Crippen molar-refractivity contribution in [2.45, 2.75) is 51.1 Å². The van der Waals surface area contributed by atoms with Crippen molar-refractivity contribution in [1.82, 2.24) is 10.0 Å². The van der Waals surface area contributed by atoms with E-state index < -0.39 is 44.6 Å². The summed E-state index contributed by atoms with van der Waals surface area (Å²) in [5.41, 5.74) is 0. The molecule has 0 aliphatic carbocycles. The molecule has 0 fully saturated rings. The molecule has 0 aromatic heterocycles. The first-order chi connectivity index (χ1) is 11.6. The molecule has 8 heteroatoms. The number of carbonyl (C=O) groups excluding carboxylic acids is 2. The molecule has 2 atom stereocenters. The van der Waals surface area contributed by atoms with Crippen LogP contribution in [0.4, 0.5) is 4.39 Å². The molecule has 0 bridgehead atoms. The summed E-state index contributed by atoms with van der Waals surface area (Å²) in [4.78, 5) is 23.0. The standard InChI is InChI=1S/C17H25FN2O4S/c1-11(2)9-13(10-21)19-17(22)16(12(3)4)20-25(23,24)15-8-6-5-7-14(15)18/h5-8,10-13,16,20H,9H2,1-4H3,(H,19,22)/t13-,16-/m0/s1. The highest BCUT2D eigenvalue weighted by Crippen LogP contribution is 2.16. The van der Waals surface area contributed by atoms with E-state index in [1.54, 1.807) is 13.8 Å². The van der Waals surface area contributed by atoms with Crippen LogP contribution < -0.4 is 10.0 Å². The van der Waals surface area contributed by atoms with Crippen LogP contribution in [-0.2, 0) is 19.6 Å². The number of aldehydes is 1. The van der Waals surface area contributed by atoms with Crippen LogP contribution in [0.15, 0.2) is 29.2 Å². The van der Waals surface area contributed by atoms with Gasteiger partial charge in [-0.3, -0.25) is 4.79 Å². The number of rotatable bonds is 9. The van der Waals surface area contributed by atoms with Crippen LogP contribution in [-0.4, -0.2) is 32.7 Å². The second-order valence-electron chi connectivity index (χ2n) is 6.65. The number of amides is 1. The molecule has 0 heterocycles. The van der Waals surface area contributed by atoms with Gasteiger partial charge in [-0.05, 0) is 30.4 Å². The van der Waals surface area contributed by atoms with Gasteiger partial charge in [0.15, 0.2) is 0 Å². The summed E-state index contributed by atoms with van der Waals surface area (Å²) in [7, 11) is -4.22. The van der Waals surface area contributed by atoms with E-state index in [1.165, 1.54) is 12.1 Å². The summed E-state index contributed by atoms with van der Waals surface area (Å²) in [6.07, 6.45) is 1.07. The highest BCUT2D eigenvalue weighted by Gasteiger charge is 2.30. The molecule has 2 N–H and O–H groups in total. The third-order valence-corrected chi connectivity index (χ3v) is 5.05. The van der Waals surface area contributed by atoms with E-state index in [0.29, 0.717) is 12.7 Å². The van der Waals surface area contributed by atoms with Gasteiger partial charge in [-0.2, -0.15) is 4.72 Å². The van der Waals surface area contributed by atoms with Crippen LogP contribution >= 0.6 is 0 Å².